The van der Waals surface area contributed by atoms with Crippen LogP contribution >= 0.6 is 23.2 Å². The molecule has 0 bridgehead atoms. The fourth-order valence-electron chi connectivity index (χ4n) is 4.53. The fraction of sp³-hybridized carbons (Fsp3) is 0.276. The maximum Gasteiger partial charge on any atom is 0.326 e. The van der Waals surface area contributed by atoms with Crippen LogP contribution in [0.25, 0.3) is 6.08 Å². The molecule has 0 radical (unpaired) electrons. The van der Waals surface area contributed by atoms with Crippen molar-refractivity contribution in [2.75, 3.05) is 5.32 Å². The van der Waals surface area contributed by atoms with Gasteiger partial charge in [-0.25, -0.2) is 4.79 Å². The van der Waals surface area contributed by atoms with E-state index in [1.807, 2.05) is 42.6 Å². The Morgan fingerprint density at radius 1 is 1.00 bits per heavy atom. The highest BCUT2D eigenvalue weighted by Gasteiger charge is 2.24. The molecule has 8 heteroatoms. The number of nitrogens with one attached hydrogen (secondary N) is 2. The second kappa shape index (κ2) is 12.7. The number of aromatic nitrogens is 1. The van der Waals surface area contributed by atoms with Crippen molar-refractivity contribution < 1.29 is 14.7 Å². The van der Waals surface area contributed by atoms with Crippen LogP contribution in [-0.2, 0) is 11.2 Å². The van der Waals surface area contributed by atoms with Crippen LogP contribution in [0.4, 0.5) is 5.69 Å². The maximum atomic E-state index is 12.6. The predicted molar refractivity (Wildman–Crippen MR) is 148 cm³/mol. The molecule has 1 heterocycles. The van der Waals surface area contributed by atoms with E-state index in [9.17, 15) is 14.7 Å². The van der Waals surface area contributed by atoms with Crippen LogP contribution in [0.1, 0.15) is 47.2 Å². The molecule has 1 aromatic heterocycles. The van der Waals surface area contributed by atoms with E-state index >= 15 is 0 Å². The van der Waals surface area contributed by atoms with E-state index in [4.69, 9.17) is 23.2 Å². The Hall–Kier alpha value is -3.35. The Labute approximate surface area is 226 Å². The minimum Gasteiger partial charge on any atom is -0.480 e. The van der Waals surface area contributed by atoms with Gasteiger partial charge in [0, 0.05) is 24.9 Å². The van der Waals surface area contributed by atoms with Crippen molar-refractivity contribution in [1.82, 2.24) is 10.3 Å². The van der Waals surface area contributed by atoms with E-state index in [1.54, 1.807) is 12.3 Å². The highest BCUT2D eigenvalue weighted by Crippen LogP contribution is 2.28. The zero-order valence-electron chi connectivity index (χ0n) is 20.2. The van der Waals surface area contributed by atoms with Gasteiger partial charge < -0.3 is 15.7 Å². The molecule has 0 saturated heterocycles. The fourth-order valence-corrected chi connectivity index (χ4v) is 5.10. The van der Waals surface area contributed by atoms with Crippen LogP contribution < -0.4 is 10.6 Å². The van der Waals surface area contributed by atoms with E-state index in [1.165, 1.54) is 12.1 Å². The lowest BCUT2D eigenvalue weighted by atomic mass is 9.85. The quantitative estimate of drug-likeness (QED) is 0.289. The number of benzene rings is 2. The molecular formula is C29H29Cl2N3O3. The number of carbonyl (C=O) groups is 2. The van der Waals surface area contributed by atoms with Crippen LogP contribution in [0.3, 0.4) is 0 Å². The third kappa shape index (κ3) is 7.57. The van der Waals surface area contributed by atoms with Crippen LogP contribution in [0.15, 0.2) is 73.1 Å². The lowest BCUT2D eigenvalue weighted by Gasteiger charge is -2.28. The lowest BCUT2D eigenvalue weighted by Crippen LogP contribution is -2.42. The van der Waals surface area contributed by atoms with Crippen LogP contribution in [0, 0.1) is 5.92 Å². The molecule has 1 saturated carbocycles. The van der Waals surface area contributed by atoms with Crippen molar-refractivity contribution in [3.05, 3.63) is 99.8 Å². The van der Waals surface area contributed by atoms with Gasteiger partial charge in [-0.2, -0.15) is 0 Å². The average molecular weight is 538 g/mol. The molecule has 6 nitrogen and oxygen atoms in total. The number of hydrogen-bond acceptors (Lipinski definition) is 4. The Morgan fingerprint density at radius 3 is 2.32 bits per heavy atom. The summed E-state index contributed by atoms with van der Waals surface area (Å²) in [7, 11) is 0. The Bertz CT molecular complexity index is 1220. The Kier molecular flexibility index (Phi) is 9.20. The number of amides is 1. The van der Waals surface area contributed by atoms with E-state index in [2.05, 4.69) is 27.8 Å². The van der Waals surface area contributed by atoms with Gasteiger partial charge in [-0.05, 0) is 67.0 Å². The van der Waals surface area contributed by atoms with Gasteiger partial charge >= 0.3 is 5.97 Å². The monoisotopic (exact) mass is 537 g/mol. The van der Waals surface area contributed by atoms with Gasteiger partial charge in [0.1, 0.15) is 6.04 Å². The molecule has 1 amide bonds. The van der Waals surface area contributed by atoms with E-state index in [-0.39, 0.29) is 22.0 Å². The number of nitrogens with zero attached hydrogens (tertiary/aromatic N) is 1. The largest absolute Gasteiger partial charge is 0.480 e. The molecule has 3 aromatic rings. The molecule has 1 unspecified atom stereocenters. The Balaban J connectivity index is 1.29. The summed E-state index contributed by atoms with van der Waals surface area (Å²) in [6.07, 6.45) is 12.7. The number of aliphatic carboxylic acids is 1. The zero-order valence-corrected chi connectivity index (χ0v) is 21.8. The molecule has 1 fully saturated rings. The number of carboxylic acid groups (broad SMARTS) is 1. The summed E-state index contributed by atoms with van der Waals surface area (Å²) in [4.78, 5) is 28.6. The molecule has 3 N–H and O–H groups in total. The van der Waals surface area contributed by atoms with Crippen molar-refractivity contribution in [3.8, 4) is 0 Å². The summed E-state index contributed by atoms with van der Waals surface area (Å²) in [6, 6.07) is 15.8. The van der Waals surface area contributed by atoms with Crippen molar-refractivity contribution in [2.45, 2.75) is 44.2 Å². The number of anilines is 1. The number of allylic oxidation sites excluding steroid dienone is 1. The molecule has 0 spiro atoms. The summed E-state index contributed by atoms with van der Waals surface area (Å²) in [5, 5.41) is 16.1. The Morgan fingerprint density at radius 2 is 1.70 bits per heavy atom. The van der Waals surface area contributed by atoms with Gasteiger partial charge in [-0.15, -0.1) is 0 Å². The highest BCUT2D eigenvalue weighted by molar-refractivity contribution is 6.39. The van der Waals surface area contributed by atoms with Crippen molar-refractivity contribution in [2.24, 2.45) is 5.92 Å². The second-order valence-corrected chi connectivity index (χ2v) is 10.1. The molecular weight excluding hydrogens is 509 g/mol. The van der Waals surface area contributed by atoms with Gasteiger partial charge in [-0.3, -0.25) is 9.78 Å². The zero-order chi connectivity index (χ0) is 26.2. The van der Waals surface area contributed by atoms with E-state index < -0.39 is 17.9 Å². The molecule has 4 rings (SSSR count). The van der Waals surface area contributed by atoms with Gasteiger partial charge in [0.05, 0.1) is 21.3 Å². The SMILES string of the molecule is O=C(NC(Cc1ccc(/C=C/C2CCC(Nc3cccnc3)CC2)cc1)C(=O)O)c1c(Cl)cccc1Cl. The molecule has 0 aliphatic heterocycles. The van der Waals surface area contributed by atoms with Crippen molar-refractivity contribution in [1.29, 1.82) is 0 Å². The maximum absolute atomic E-state index is 12.6. The molecule has 1 atom stereocenters. The third-order valence-corrected chi connectivity index (χ3v) is 7.21. The van der Waals surface area contributed by atoms with Gasteiger partial charge in [0.15, 0.2) is 0 Å². The molecule has 1 aliphatic carbocycles. The minimum atomic E-state index is -1.13. The summed E-state index contributed by atoms with van der Waals surface area (Å²) in [5.74, 6) is -1.21. The first-order chi connectivity index (χ1) is 17.9. The van der Waals surface area contributed by atoms with Crippen LogP contribution in [0.5, 0.6) is 0 Å². The first kappa shape index (κ1) is 26.7. The summed E-state index contributed by atoms with van der Waals surface area (Å²) >= 11 is 12.2. The summed E-state index contributed by atoms with van der Waals surface area (Å²) in [6.45, 7) is 0. The predicted octanol–water partition coefficient (Wildman–Crippen LogP) is 6.50. The molecule has 1 aliphatic rings. The number of carbonyl (C=O) groups excluding carboxylic acids is 1. The van der Waals surface area contributed by atoms with Crippen LogP contribution in [0.2, 0.25) is 10.0 Å². The first-order valence-corrected chi connectivity index (χ1v) is 13.1. The normalized spacial score (nSPS) is 18.3. The average Bonchev–Trinajstić information content (AvgIpc) is 2.89. The van der Waals surface area contributed by atoms with Gasteiger partial charge in [0.2, 0.25) is 0 Å². The van der Waals surface area contributed by atoms with Gasteiger partial charge in [-0.1, -0.05) is 65.7 Å². The van der Waals surface area contributed by atoms with Crippen molar-refractivity contribution in [3.63, 3.8) is 0 Å². The smallest absolute Gasteiger partial charge is 0.326 e. The van der Waals surface area contributed by atoms with Crippen LogP contribution in [-0.4, -0.2) is 34.1 Å². The number of pyridine rings is 1. The van der Waals surface area contributed by atoms with Gasteiger partial charge in [0.25, 0.3) is 5.91 Å². The standard InChI is InChI=1S/C29H29Cl2N3O3/c30-24-4-1-5-25(31)27(24)28(35)34-26(29(36)37)17-21-10-8-19(9-11-21)6-7-20-12-14-22(15-13-20)33-23-3-2-16-32-18-23/h1-11,16,18,20,22,26,33H,12-15,17H2,(H,34,35)(H,36,37)/b7-6+. The lowest BCUT2D eigenvalue weighted by molar-refractivity contribution is -0.139. The highest BCUT2D eigenvalue weighted by atomic mass is 35.5. The van der Waals surface area contributed by atoms with E-state index in [0.29, 0.717) is 12.0 Å². The topological polar surface area (TPSA) is 91.3 Å². The van der Waals surface area contributed by atoms with E-state index in [0.717, 1.165) is 42.5 Å². The summed E-state index contributed by atoms with van der Waals surface area (Å²) in [5.41, 5.74) is 2.99. The number of hydrogen-bond donors (Lipinski definition) is 3. The molecule has 192 valence electrons. The molecule has 2 aromatic carbocycles. The minimum absolute atomic E-state index is 0.0689. The third-order valence-electron chi connectivity index (χ3n) is 6.58. The second-order valence-electron chi connectivity index (χ2n) is 9.26. The number of rotatable bonds is 9. The first-order valence-electron chi connectivity index (χ1n) is 12.3. The molecule has 37 heavy (non-hydrogen) atoms. The number of halogens is 2. The number of carboxylic acids is 1. The van der Waals surface area contributed by atoms with Crippen molar-refractivity contribution >= 4 is 46.8 Å². The summed E-state index contributed by atoms with van der Waals surface area (Å²) < 4.78 is 0.